The van der Waals surface area contributed by atoms with E-state index in [2.05, 4.69) is 0 Å². The van der Waals surface area contributed by atoms with E-state index in [0.717, 1.165) is 11.1 Å². The number of rotatable bonds is 7. The molecule has 5 rings (SSSR count). The normalized spacial score (nSPS) is 14.5. The number of benzene rings is 3. The molecule has 0 fully saturated rings. The maximum atomic E-state index is 13.7. The highest BCUT2D eigenvalue weighted by atomic mass is 35.5. The first kappa shape index (κ1) is 26.1. The van der Waals surface area contributed by atoms with E-state index in [1.807, 2.05) is 6.07 Å². The van der Waals surface area contributed by atoms with Crippen LogP contribution in [0.2, 0.25) is 5.02 Å². The van der Waals surface area contributed by atoms with Gasteiger partial charge in [0.05, 0.1) is 36.6 Å². The van der Waals surface area contributed by atoms with Gasteiger partial charge in [-0.3, -0.25) is 14.9 Å². The van der Waals surface area contributed by atoms with Gasteiger partial charge in [0.25, 0.3) is 11.6 Å². The second-order valence-corrected chi connectivity index (χ2v) is 9.24. The van der Waals surface area contributed by atoms with Crippen LogP contribution in [-0.2, 0) is 6.42 Å². The van der Waals surface area contributed by atoms with E-state index in [1.165, 1.54) is 31.4 Å². The molecular weight excluding hydrogens is 528 g/mol. The lowest BCUT2D eigenvalue weighted by Gasteiger charge is -2.37. The Morgan fingerprint density at radius 1 is 1.08 bits per heavy atom. The van der Waals surface area contributed by atoms with Gasteiger partial charge in [-0.15, -0.1) is 0 Å². The van der Waals surface area contributed by atoms with Crippen LogP contribution in [0.4, 0.5) is 5.69 Å². The molecular formula is C28H23ClN2O8. The average molecular weight is 551 g/mol. The Labute approximate surface area is 227 Å². The third-order valence-corrected chi connectivity index (χ3v) is 6.98. The van der Waals surface area contributed by atoms with Crippen molar-refractivity contribution >= 4 is 34.2 Å². The van der Waals surface area contributed by atoms with Crippen LogP contribution in [-0.4, -0.2) is 43.1 Å². The van der Waals surface area contributed by atoms with Crippen LogP contribution in [0.3, 0.4) is 0 Å². The molecule has 3 aromatic carbocycles. The monoisotopic (exact) mass is 550 g/mol. The molecule has 0 saturated carbocycles. The molecule has 200 valence electrons. The van der Waals surface area contributed by atoms with Gasteiger partial charge in [-0.2, -0.15) is 0 Å². The number of ether oxygens (including phenoxy) is 3. The first-order valence-electron chi connectivity index (χ1n) is 12.0. The highest BCUT2D eigenvalue weighted by Gasteiger charge is 2.34. The van der Waals surface area contributed by atoms with Crippen LogP contribution in [0.1, 0.15) is 27.5 Å². The number of carbonyl (C=O) groups excluding carboxylic acids is 1. The molecule has 1 aliphatic heterocycles. The van der Waals surface area contributed by atoms with Crippen molar-refractivity contribution < 1.29 is 28.3 Å². The van der Waals surface area contributed by atoms with Crippen LogP contribution < -0.4 is 19.8 Å². The number of para-hydroxylation sites is 1. The highest BCUT2D eigenvalue weighted by Crippen LogP contribution is 2.39. The van der Waals surface area contributed by atoms with E-state index in [1.54, 1.807) is 42.3 Å². The molecule has 1 unspecified atom stereocenters. The number of halogens is 1. The summed E-state index contributed by atoms with van der Waals surface area (Å²) in [4.78, 5) is 38.3. The SMILES string of the molecule is COc1cc2c(cc1OC)C(COc1cc(=O)oc3ccccc13)N(C(=O)c1ccc(Cl)c([N+](=O)[O-])c1)CC2. The molecule has 2 heterocycles. The molecule has 10 nitrogen and oxygen atoms in total. The minimum absolute atomic E-state index is 0.0165. The van der Waals surface area contributed by atoms with Gasteiger partial charge in [0.2, 0.25) is 0 Å². The molecule has 0 radical (unpaired) electrons. The molecule has 1 amide bonds. The summed E-state index contributed by atoms with van der Waals surface area (Å²) in [7, 11) is 3.06. The molecule has 1 atom stereocenters. The predicted octanol–water partition coefficient (Wildman–Crippen LogP) is 5.19. The van der Waals surface area contributed by atoms with Crippen molar-refractivity contribution in [3.05, 3.63) is 103 Å². The fourth-order valence-electron chi connectivity index (χ4n) is 4.77. The largest absolute Gasteiger partial charge is 0.493 e. The van der Waals surface area contributed by atoms with Crippen molar-refractivity contribution in [3.8, 4) is 17.2 Å². The van der Waals surface area contributed by atoms with Gasteiger partial charge in [-0.25, -0.2) is 4.79 Å². The first-order valence-corrected chi connectivity index (χ1v) is 12.3. The molecule has 4 aromatic rings. The van der Waals surface area contributed by atoms with Crippen LogP contribution >= 0.6 is 11.6 Å². The molecule has 1 aliphatic rings. The standard InChI is InChI=1S/C28H23ClN2O8/c1-36-25-12-16-9-10-30(28(33)17-7-8-20(29)21(11-17)31(34)35)22(19(16)13-26(25)37-2)15-38-24-14-27(32)39-23-6-4-3-5-18(23)24/h3-8,11-14,22H,9-10,15H2,1-2H3. The van der Waals surface area contributed by atoms with Crippen molar-refractivity contribution in [2.75, 3.05) is 27.4 Å². The van der Waals surface area contributed by atoms with Gasteiger partial charge in [0.15, 0.2) is 11.5 Å². The molecule has 11 heteroatoms. The van der Waals surface area contributed by atoms with Gasteiger partial charge in [-0.1, -0.05) is 23.7 Å². The van der Waals surface area contributed by atoms with E-state index in [-0.39, 0.29) is 22.9 Å². The molecule has 0 N–H and O–H groups in total. The maximum absolute atomic E-state index is 13.7. The van der Waals surface area contributed by atoms with Gasteiger partial charge in [0.1, 0.15) is 23.0 Å². The first-order chi connectivity index (χ1) is 18.8. The zero-order chi connectivity index (χ0) is 27.7. The lowest BCUT2D eigenvalue weighted by Crippen LogP contribution is -2.42. The quantitative estimate of drug-likeness (QED) is 0.175. The van der Waals surface area contributed by atoms with Gasteiger partial charge >= 0.3 is 5.63 Å². The number of nitro groups is 1. The molecule has 0 aliphatic carbocycles. The Bertz CT molecular complexity index is 1650. The van der Waals surface area contributed by atoms with Gasteiger partial charge in [0, 0.05) is 18.2 Å². The van der Waals surface area contributed by atoms with E-state index in [4.69, 9.17) is 30.2 Å². The van der Waals surface area contributed by atoms with Crippen LogP contribution in [0.25, 0.3) is 11.0 Å². The fourth-order valence-corrected chi connectivity index (χ4v) is 4.96. The molecule has 39 heavy (non-hydrogen) atoms. The summed E-state index contributed by atoms with van der Waals surface area (Å²) < 4.78 is 22.4. The van der Waals surface area contributed by atoms with E-state index < -0.39 is 22.5 Å². The minimum atomic E-state index is -0.631. The van der Waals surface area contributed by atoms with Gasteiger partial charge in [-0.05, 0) is 53.9 Å². The number of hydrogen-bond donors (Lipinski definition) is 0. The van der Waals surface area contributed by atoms with E-state index >= 15 is 0 Å². The van der Waals surface area contributed by atoms with Crippen molar-refractivity contribution in [1.29, 1.82) is 0 Å². The highest BCUT2D eigenvalue weighted by molar-refractivity contribution is 6.32. The van der Waals surface area contributed by atoms with Crippen LogP contribution in [0.5, 0.6) is 17.2 Å². The van der Waals surface area contributed by atoms with Crippen LogP contribution in [0, 0.1) is 10.1 Å². The van der Waals surface area contributed by atoms with Crippen molar-refractivity contribution in [2.45, 2.75) is 12.5 Å². The Morgan fingerprint density at radius 2 is 1.82 bits per heavy atom. The maximum Gasteiger partial charge on any atom is 0.339 e. The van der Waals surface area contributed by atoms with E-state index in [9.17, 15) is 19.7 Å². The summed E-state index contributed by atoms with van der Waals surface area (Å²) >= 11 is 5.97. The second kappa shape index (κ2) is 10.7. The number of fused-ring (bicyclic) bond motifs is 2. The Kier molecular flexibility index (Phi) is 7.12. The summed E-state index contributed by atoms with van der Waals surface area (Å²) in [6.45, 7) is 0.292. The summed E-state index contributed by atoms with van der Waals surface area (Å²) in [6, 6.07) is 15.2. The van der Waals surface area contributed by atoms with Crippen molar-refractivity contribution in [3.63, 3.8) is 0 Å². The lowest BCUT2D eigenvalue weighted by atomic mass is 9.91. The second-order valence-electron chi connectivity index (χ2n) is 8.83. The van der Waals surface area contributed by atoms with E-state index in [0.29, 0.717) is 41.2 Å². The predicted molar refractivity (Wildman–Crippen MR) is 143 cm³/mol. The number of nitro benzene ring substituents is 1. The number of amides is 1. The summed E-state index contributed by atoms with van der Waals surface area (Å²) in [5.41, 5.74) is 1.26. The summed E-state index contributed by atoms with van der Waals surface area (Å²) in [5.74, 6) is 0.907. The number of nitrogens with zero attached hydrogens (tertiary/aromatic N) is 2. The topological polar surface area (TPSA) is 121 Å². The Morgan fingerprint density at radius 3 is 2.56 bits per heavy atom. The fraction of sp³-hybridized carbons (Fsp3) is 0.214. The smallest absolute Gasteiger partial charge is 0.339 e. The zero-order valence-corrected chi connectivity index (χ0v) is 21.8. The molecule has 0 saturated heterocycles. The van der Waals surface area contributed by atoms with Crippen molar-refractivity contribution in [2.24, 2.45) is 0 Å². The van der Waals surface area contributed by atoms with Crippen LogP contribution in [0.15, 0.2) is 69.9 Å². The third-order valence-electron chi connectivity index (χ3n) is 6.66. The van der Waals surface area contributed by atoms with Gasteiger partial charge < -0.3 is 23.5 Å². The number of hydrogen-bond acceptors (Lipinski definition) is 8. The average Bonchev–Trinajstić information content (AvgIpc) is 2.94. The molecule has 0 bridgehead atoms. The molecule has 0 spiro atoms. The summed E-state index contributed by atoms with van der Waals surface area (Å²) in [5, 5.41) is 12.0. The molecule has 1 aromatic heterocycles. The Balaban J connectivity index is 1.57. The van der Waals surface area contributed by atoms with Crippen molar-refractivity contribution in [1.82, 2.24) is 4.90 Å². The minimum Gasteiger partial charge on any atom is -0.493 e. The lowest BCUT2D eigenvalue weighted by molar-refractivity contribution is -0.384. The Hall–Kier alpha value is -4.57. The zero-order valence-electron chi connectivity index (χ0n) is 21.0. The third kappa shape index (κ3) is 4.98. The number of methoxy groups -OCH3 is 2. The number of carbonyl (C=O) groups is 1. The summed E-state index contributed by atoms with van der Waals surface area (Å²) in [6.07, 6.45) is 0.505.